The summed E-state index contributed by atoms with van der Waals surface area (Å²) in [4.78, 5) is 20.8. The predicted octanol–water partition coefficient (Wildman–Crippen LogP) is 0.755. The second-order valence-corrected chi connectivity index (χ2v) is 5.94. The molecule has 1 atom stereocenters. The molecule has 1 aromatic heterocycles. The van der Waals surface area contributed by atoms with E-state index < -0.39 is 6.10 Å². The number of carbonyl (C=O) groups excluding carboxylic acids is 1. The Morgan fingerprint density at radius 1 is 1.41 bits per heavy atom. The van der Waals surface area contributed by atoms with E-state index in [0.717, 1.165) is 12.2 Å². The first-order valence-corrected chi connectivity index (χ1v) is 7.67. The molecule has 2 heterocycles. The number of methoxy groups -OCH3 is 1. The van der Waals surface area contributed by atoms with E-state index >= 15 is 0 Å². The second-order valence-electron chi connectivity index (χ2n) is 5.94. The summed E-state index contributed by atoms with van der Waals surface area (Å²) in [5.41, 5.74) is 1.13. The maximum atomic E-state index is 12.6. The van der Waals surface area contributed by atoms with Crippen molar-refractivity contribution in [3.05, 3.63) is 29.6 Å². The molecule has 0 spiro atoms. The van der Waals surface area contributed by atoms with E-state index in [2.05, 4.69) is 23.7 Å². The molecule has 1 fully saturated rings. The molecule has 6 heteroatoms. The summed E-state index contributed by atoms with van der Waals surface area (Å²) in [6, 6.07) is 5.70. The third-order valence-electron chi connectivity index (χ3n) is 3.87. The number of aliphatic hydroxyl groups excluding tert-OH is 1. The topological polar surface area (TPSA) is 65.9 Å². The largest absolute Gasteiger partial charge is 0.390 e. The number of hydrogen-bond acceptors (Lipinski definition) is 5. The van der Waals surface area contributed by atoms with Crippen LogP contribution < -0.4 is 0 Å². The van der Waals surface area contributed by atoms with Crippen LogP contribution in [0.5, 0.6) is 0 Å². The normalized spacial score (nSPS) is 20.2. The number of hydrogen-bond donors (Lipinski definition) is 1. The van der Waals surface area contributed by atoms with E-state index in [1.807, 2.05) is 12.1 Å². The van der Waals surface area contributed by atoms with E-state index in [1.54, 1.807) is 18.1 Å². The quantitative estimate of drug-likeness (QED) is 0.889. The van der Waals surface area contributed by atoms with Crippen molar-refractivity contribution in [3.63, 3.8) is 0 Å². The molecule has 1 saturated heterocycles. The highest BCUT2D eigenvalue weighted by molar-refractivity contribution is 5.92. The maximum Gasteiger partial charge on any atom is 0.272 e. The lowest BCUT2D eigenvalue weighted by molar-refractivity contribution is 0.0653. The van der Waals surface area contributed by atoms with Crippen LogP contribution in [0.25, 0.3) is 0 Å². The SMILES string of the molecule is COCc1cccc(C(=O)N2CCN(C(C)C)C[C@@H](O)C2)n1. The zero-order chi connectivity index (χ0) is 16.1. The van der Waals surface area contributed by atoms with Crippen LogP contribution in [0.3, 0.4) is 0 Å². The summed E-state index contributed by atoms with van der Waals surface area (Å²) in [5.74, 6) is -0.136. The number of aliphatic hydroxyl groups is 1. The molecule has 1 aliphatic heterocycles. The number of ether oxygens (including phenoxy) is 1. The van der Waals surface area contributed by atoms with E-state index in [4.69, 9.17) is 4.74 Å². The first-order chi connectivity index (χ1) is 10.5. The summed E-state index contributed by atoms with van der Waals surface area (Å²) in [6.45, 7) is 6.88. The van der Waals surface area contributed by atoms with Gasteiger partial charge in [0.25, 0.3) is 5.91 Å². The van der Waals surface area contributed by atoms with Gasteiger partial charge in [-0.3, -0.25) is 9.69 Å². The van der Waals surface area contributed by atoms with Crippen LogP contribution in [0, 0.1) is 0 Å². The van der Waals surface area contributed by atoms with Gasteiger partial charge in [0.1, 0.15) is 5.69 Å². The number of rotatable bonds is 4. The molecule has 1 N–H and O–H groups in total. The minimum absolute atomic E-state index is 0.136. The van der Waals surface area contributed by atoms with Crippen LogP contribution in [0.4, 0.5) is 0 Å². The van der Waals surface area contributed by atoms with Gasteiger partial charge in [0, 0.05) is 39.3 Å². The number of nitrogens with zero attached hydrogens (tertiary/aromatic N) is 3. The van der Waals surface area contributed by atoms with Gasteiger partial charge in [0.15, 0.2) is 0 Å². The number of pyridine rings is 1. The number of β-amino-alcohol motifs (C(OH)–C–C–N with tert-alkyl or cyclic N) is 1. The zero-order valence-electron chi connectivity index (χ0n) is 13.5. The van der Waals surface area contributed by atoms with Crippen LogP contribution in [-0.4, -0.2) is 71.2 Å². The van der Waals surface area contributed by atoms with Crippen LogP contribution in [0.2, 0.25) is 0 Å². The van der Waals surface area contributed by atoms with Crippen molar-refractivity contribution in [2.75, 3.05) is 33.3 Å². The molecular formula is C16H25N3O3. The molecule has 1 amide bonds. The van der Waals surface area contributed by atoms with Crippen molar-refractivity contribution in [1.82, 2.24) is 14.8 Å². The van der Waals surface area contributed by atoms with Crippen LogP contribution in [0.15, 0.2) is 18.2 Å². The zero-order valence-corrected chi connectivity index (χ0v) is 13.5. The van der Waals surface area contributed by atoms with Gasteiger partial charge in [-0.1, -0.05) is 6.07 Å². The molecule has 0 saturated carbocycles. The molecule has 0 unspecified atom stereocenters. The first kappa shape index (κ1) is 16.9. The van der Waals surface area contributed by atoms with Gasteiger partial charge in [0.05, 0.1) is 18.4 Å². The van der Waals surface area contributed by atoms with Gasteiger partial charge < -0.3 is 14.7 Å². The minimum atomic E-state index is -0.531. The molecule has 22 heavy (non-hydrogen) atoms. The molecule has 0 aliphatic carbocycles. The van der Waals surface area contributed by atoms with Crippen molar-refractivity contribution in [2.24, 2.45) is 0 Å². The number of aromatic nitrogens is 1. The van der Waals surface area contributed by atoms with E-state index in [-0.39, 0.29) is 5.91 Å². The fourth-order valence-electron chi connectivity index (χ4n) is 2.66. The van der Waals surface area contributed by atoms with Crippen molar-refractivity contribution in [1.29, 1.82) is 0 Å². The second kappa shape index (κ2) is 7.67. The minimum Gasteiger partial charge on any atom is -0.390 e. The predicted molar refractivity (Wildman–Crippen MR) is 83.6 cm³/mol. The fourth-order valence-corrected chi connectivity index (χ4v) is 2.66. The van der Waals surface area contributed by atoms with Gasteiger partial charge in [-0.25, -0.2) is 4.98 Å². The van der Waals surface area contributed by atoms with Gasteiger partial charge >= 0.3 is 0 Å². The first-order valence-electron chi connectivity index (χ1n) is 7.67. The molecular weight excluding hydrogens is 282 g/mol. The average Bonchev–Trinajstić information content (AvgIpc) is 2.69. The molecule has 1 aliphatic rings. The van der Waals surface area contributed by atoms with E-state index in [0.29, 0.717) is 38.0 Å². The Kier molecular flexibility index (Phi) is 5.88. The Labute approximate surface area is 131 Å². The molecule has 0 radical (unpaired) electrons. The number of carbonyl (C=O) groups is 1. The lowest BCUT2D eigenvalue weighted by Crippen LogP contribution is -2.38. The Morgan fingerprint density at radius 2 is 2.18 bits per heavy atom. The highest BCUT2D eigenvalue weighted by Gasteiger charge is 2.26. The average molecular weight is 307 g/mol. The van der Waals surface area contributed by atoms with Crippen molar-refractivity contribution < 1.29 is 14.6 Å². The van der Waals surface area contributed by atoms with Crippen LogP contribution >= 0.6 is 0 Å². The summed E-state index contributed by atoms with van der Waals surface area (Å²) in [6.07, 6.45) is -0.531. The molecule has 1 aromatic rings. The lowest BCUT2D eigenvalue weighted by atomic mass is 10.2. The van der Waals surface area contributed by atoms with Gasteiger partial charge in [-0.2, -0.15) is 0 Å². The standard InChI is InChI=1S/C16H25N3O3/c1-12(2)18-7-8-19(10-14(20)9-18)16(21)15-6-4-5-13(17-15)11-22-3/h4-6,12,14,20H,7-11H2,1-3H3/t14-/m1/s1. The molecule has 0 aromatic carbocycles. The molecule has 0 bridgehead atoms. The molecule has 122 valence electrons. The summed E-state index contributed by atoms with van der Waals surface area (Å²) >= 11 is 0. The maximum absolute atomic E-state index is 12.6. The van der Waals surface area contributed by atoms with Crippen molar-refractivity contribution in [2.45, 2.75) is 32.6 Å². The fraction of sp³-hybridized carbons (Fsp3) is 0.625. The van der Waals surface area contributed by atoms with E-state index in [9.17, 15) is 9.90 Å². The Balaban J connectivity index is 2.10. The summed E-state index contributed by atoms with van der Waals surface area (Å²) in [5, 5.41) is 10.1. The molecule has 6 nitrogen and oxygen atoms in total. The van der Waals surface area contributed by atoms with Crippen LogP contribution in [0.1, 0.15) is 30.0 Å². The van der Waals surface area contributed by atoms with Gasteiger partial charge in [-0.15, -0.1) is 0 Å². The van der Waals surface area contributed by atoms with Crippen molar-refractivity contribution >= 4 is 5.91 Å². The van der Waals surface area contributed by atoms with Crippen LogP contribution in [-0.2, 0) is 11.3 Å². The third kappa shape index (κ3) is 4.25. The summed E-state index contributed by atoms with van der Waals surface area (Å²) < 4.78 is 5.05. The lowest BCUT2D eigenvalue weighted by Gasteiger charge is -2.25. The van der Waals surface area contributed by atoms with Gasteiger partial charge in [0.2, 0.25) is 0 Å². The third-order valence-corrected chi connectivity index (χ3v) is 3.87. The Hall–Kier alpha value is -1.50. The van der Waals surface area contributed by atoms with Crippen molar-refractivity contribution in [3.8, 4) is 0 Å². The highest BCUT2D eigenvalue weighted by atomic mass is 16.5. The smallest absolute Gasteiger partial charge is 0.272 e. The monoisotopic (exact) mass is 307 g/mol. The van der Waals surface area contributed by atoms with E-state index in [1.165, 1.54) is 0 Å². The number of amides is 1. The highest BCUT2D eigenvalue weighted by Crippen LogP contribution is 2.11. The Bertz CT molecular complexity index is 507. The Morgan fingerprint density at radius 3 is 2.86 bits per heavy atom. The molecule has 2 rings (SSSR count). The summed E-state index contributed by atoms with van der Waals surface area (Å²) in [7, 11) is 1.60. The van der Waals surface area contributed by atoms with Gasteiger partial charge in [-0.05, 0) is 26.0 Å².